The van der Waals surface area contributed by atoms with Gasteiger partial charge >= 0.3 is 0 Å². The molecule has 1 atom stereocenters. The molecule has 2 nitrogen and oxygen atoms in total. The zero-order valence-corrected chi connectivity index (χ0v) is 12.0. The molecule has 1 aromatic rings. The quantitative estimate of drug-likeness (QED) is 0.691. The molecule has 0 aromatic heterocycles. The maximum atomic E-state index is 6.19. The van der Waals surface area contributed by atoms with Crippen molar-refractivity contribution in [2.75, 3.05) is 0 Å². The molecule has 0 spiro atoms. The third kappa shape index (κ3) is 5.54. The van der Waals surface area contributed by atoms with Gasteiger partial charge in [0.1, 0.15) is 5.75 Å². The molecule has 1 rings (SSSR count). The lowest BCUT2D eigenvalue weighted by atomic mass is 10.0. The Morgan fingerprint density at radius 1 is 1.06 bits per heavy atom. The van der Waals surface area contributed by atoms with E-state index in [9.17, 15) is 0 Å². The second-order valence-corrected chi connectivity index (χ2v) is 5.19. The van der Waals surface area contributed by atoms with E-state index in [0.29, 0.717) is 0 Å². The highest BCUT2D eigenvalue weighted by molar-refractivity contribution is 5.29. The van der Waals surface area contributed by atoms with Crippen molar-refractivity contribution >= 4 is 0 Å². The van der Waals surface area contributed by atoms with E-state index in [4.69, 9.17) is 10.5 Å². The summed E-state index contributed by atoms with van der Waals surface area (Å²) in [6, 6.07) is 8.36. The monoisotopic (exact) mass is 249 g/mol. The van der Waals surface area contributed by atoms with Crippen molar-refractivity contribution < 1.29 is 4.74 Å². The van der Waals surface area contributed by atoms with E-state index in [2.05, 4.69) is 19.1 Å². The molecule has 0 saturated heterocycles. The van der Waals surface area contributed by atoms with Crippen LogP contribution in [0.15, 0.2) is 24.3 Å². The summed E-state index contributed by atoms with van der Waals surface area (Å²) >= 11 is 0. The lowest BCUT2D eigenvalue weighted by Gasteiger charge is -2.14. The lowest BCUT2D eigenvalue weighted by Crippen LogP contribution is -2.10. The Morgan fingerprint density at radius 3 is 2.28 bits per heavy atom. The normalized spacial score (nSPS) is 12.7. The number of nitrogens with two attached hydrogens (primary N) is 1. The summed E-state index contributed by atoms with van der Waals surface area (Å²) in [6.45, 7) is 6.30. The van der Waals surface area contributed by atoms with Crippen LogP contribution in [0.1, 0.15) is 64.5 Å². The van der Waals surface area contributed by atoms with Crippen molar-refractivity contribution in [2.45, 2.75) is 65.0 Å². The minimum absolute atomic E-state index is 0.162. The Bertz CT molecular complexity index is 318. The molecule has 2 heteroatoms. The van der Waals surface area contributed by atoms with Crippen molar-refractivity contribution in [1.82, 2.24) is 0 Å². The molecule has 0 bridgehead atoms. The molecule has 0 amide bonds. The van der Waals surface area contributed by atoms with Crippen molar-refractivity contribution in [1.29, 1.82) is 0 Å². The van der Waals surface area contributed by atoms with E-state index in [0.717, 1.165) is 12.2 Å². The standard InChI is InChI=1S/C16H27NO/c1-4-5-6-7-8-16(17)14-9-11-15(12-10-14)18-13(2)3/h9-13,16H,4-8,17H2,1-3H3. The Labute approximate surface area is 112 Å². The van der Waals surface area contributed by atoms with E-state index in [1.54, 1.807) is 0 Å². The van der Waals surface area contributed by atoms with Crippen molar-refractivity contribution in [3.05, 3.63) is 29.8 Å². The van der Waals surface area contributed by atoms with Gasteiger partial charge in [-0.3, -0.25) is 0 Å². The van der Waals surface area contributed by atoms with Gasteiger partial charge in [0.05, 0.1) is 6.10 Å². The fraction of sp³-hybridized carbons (Fsp3) is 0.625. The summed E-state index contributed by atoms with van der Waals surface area (Å²) in [6.07, 6.45) is 6.39. The predicted octanol–water partition coefficient (Wildman–Crippen LogP) is 4.44. The number of hydrogen-bond acceptors (Lipinski definition) is 2. The van der Waals surface area contributed by atoms with Crippen molar-refractivity contribution in [3.8, 4) is 5.75 Å². The van der Waals surface area contributed by atoms with Gasteiger partial charge < -0.3 is 10.5 Å². The Kier molecular flexibility index (Phi) is 6.81. The summed E-state index contributed by atoms with van der Waals surface area (Å²) in [5.74, 6) is 0.923. The second kappa shape index (κ2) is 8.15. The molecular weight excluding hydrogens is 222 g/mol. The molecule has 1 aromatic carbocycles. The highest BCUT2D eigenvalue weighted by atomic mass is 16.5. The highest BCUT2D eigenvalue weighted by Gasteiger charge is 2.06. The van der Waals surface area contributed by atoms with Crippen LogP contribution >= 0.6 is 0 Å². The molecule has 0 aliphatic carbocycles. The van der Waals surface area contributed by atoms with Crippen molar-refractivity contribution in [3.63, 3.8) is 0 Å². The van der Waals surface area contributed by atoms with E-state index in [1.165, 1.54) is 31.2 Å². The minimum Gasteiger partial charge on any atom is -0.491 e. The molecule has 1 unspecified atom stereocenters. The van der Waals surface area contributed by atoms with Crippen LogP contribution in [0.2, 0.25) is 0 Å². The number of hydrogen-bond donors (Lipinski definition) is 1. The molecule has 0 fully saturated rings. The van der Waals surface area contributed by atoms with E-state index >= 15 is 0 Å². The molecule has 18 heavy (non-hydrogen) atoms. The maximum absolute atomic E-state index is 6.19. The Balaban J connectivity index is 2.41. The SMILES string of the molecule is CCCCCCC(N)c1ccc(OC(C)C)cc1. The lowest BCUT2D eigenvalue weighted by molar-refractivity contribution is 0.242. The molecule has 0 radical (unpaired) electrons. The van der Waals surface area contributed by atoms with Crippen LogP contribution in [0.4, 0.5) is 0 Å². The first-order chi connectivity index (χ1) is 8.63. The van der Waals surface area contributed by atoms with Crippen molar-refractivity contribution in [2.24, 2.45) is 5.73 Å². The van der Waals surface area contributed by atoms with Crippen LogP contribution in [0, 0.1) is 0 Å². The Morgan fingerprint density at radius 2 is 1.72 bits per heavy atom. The van der Waals surface area contributed by atoms with E-state index in [1.807, 2.05) is 26.0 Å². The highest BCUT2D eigenvalue weighted by Crippen LogP contribution is 2.21. The third-order valence-electron chi connectivity index (χ3n) is 3.05. The maximum Gasteiger partial charge on any atom is 0.119 e. The van der Waals surface area contributed by atoms with Gasteiger partial charge in [-0.25, -0.2) is 0 Å². The molecule has 0 aliphatic heterocycles. The van der Waals surface area contributed by atoms with Gasteiger partial charge in [0, 0.05) is 6.04 Å². The molecule has 102 valence electrons. The van der Waals surface area contributed by atoms with Crippen LogP contribution in [0.25, 0.3) is 0 Å². The van der Waals surface area contributed by atoms with Crippen LogP contribution in [-0.2, 0) is 0 Å². The number of ether oxygens (including phenoxy) is 1. The molecule has 0 heterocycles. The minimum atomic E-state index is 0.162. The zero-order valence-electron chi connectivity index (χ0n) is 12.0. The topological polar surface area (TPSA) is 35.2 Å². The fourth-order valence-corrected chi connectivity index (χ4v) is 2.02. The van der Waals surface area contributed by atoms with Gasteiger partial charge in [0.25, 0.3) is 0 Å². The van der Waals surface area contributed by atoms with Gasteiger partial charge in [-0.1, -0.05) is 44.7 Å². The first-order valence-electron chi connectivity index (χ1n) is 7.15. The van der Waals surface area contributed by atoms with Gasteiger partial charge in [-0.05, 0) is 38.0 Å². The average Bonchev–Trinajstić information content (AvgIpc) is 2.34. The first kappa shape index (κ1) is 15.0. The Hall–Kier alpha value is -1.02. The van der Waals surface area contributed by atoms with Crippen LogP contribution in [0.5, 0.6) is 5.75 Å². The third-order valence-corrected chi connectivity index (χ3v) is 3.05. The largest absolute Gasteiger partial charge is 0.491 e. The summed E-state index contributed by atoms with van der Waals surface area (Å²) < 4.78 is 5.62. The summed E-state index contributed by atoms with van der Waals surface area (Å²) in [7, 11) is 0. The predicted molar refractivity (Wildman–Crippen MR) is 77.9 cm³/mol. The van der Waals surface area contributed by atoms with Crippen LogP contribution in [-0.4, -0.2) is 6.10 Å². The first-order valence-corrected chi connectivity index (χ1v) is 7.15. The summed E-state index contributed by atoms with van der Waals surface area (Å²) in [5.41, 5.74) is 7.40. The van der Waals surface area contributed by atoms with Gasteiger partial charge in [-0.2, -0.15) is 0 Å². The van der Waals surface area contributed by atoms with Gasteiger partial charge in [0.2, 0.25) is 0 Å². The smallest absolute Gasteiger partial charge is 0.119 e. The number of benzene rings is 1. The average molecular weight is 249 g/mol. The summed E-state index contributed by atoms with van der Waals surface area (Å²) in [4.78, 5) is 0. The van der Waals surface area contributed by atoms with E-state index < -0.39 is 0 Å². The molecular formula is C16H27NO. The van der Waals surface area contributed by atoms with Gasteiger partial charge in [-0.15, -0.1) is 0 Å². The second-order valence-electron chi connectivity index (χ2n) is 5.19. The molecule has 2 N–H and O–H groups in total. The van der Waals surface area contributed by atoms with Crippen LogP contribution in [0.3, 0.4) is 0 Å². The van der Waals surface area contributed by atoms with Crippen LogP contribution < -0.4 is 10.5 Å². The zero-order chi connectivity index (χ0) is 13.4. The molecule has 0 aliphatic rings. The number of rotatable bonds is 8. The molecule has 0 saturated carbocycles. The summed E-state index contributed by atoms with van der Waals surface area (Å²) in [5, 5.41) is 0. The van der Waals surface area contributed by atoms with E-state index in [-0.39, 0.29) is 12.1 Å². The number of unbranched alkanes of at least 4 members (excludes halogenated alkanes) is 3. The van der Waals surface area contributed by atoms with Gasteiger partial charge in [0.15, 0.2) is 0 Å². The fourth-order valence-electron chi connectivity index (χ4n) is 2.02.